The van der Waals surface area contributed by atoms with Crippen LogP contribution >= 0.6 is 0 Å². The van der Waals surface area contributed by atoms with Gasteiger partial charge < -0.3 is 9.64 Å². The minimum Gasteiger partial charge on any atom is -0.490 e. The Hall–Kier alpha value is -2.38. The summed E-state index contributed by atoms with van der Waals surface area (Å²) in [5, 5.41) is 0. The van der Waals surface area contributed by atoms with E-state index in [1.807, 2.05) is 4.90 Å². The topological polar surface area (TPSA) is 66.9 Å². The highest BCUT2D eigenvalue weighted by atomic mass is 32.2. The second-order valence-corrected chi connectivity index (χ2v) is 10.8. The van der Waals surface area contributed by atoms with Crippen LogP contribution in [0.2, 0.25) is 0 Å². The molecule has 32 heavy (non-hydrogen) atoms. The van der Waals surface area contributed by atoms with Crippen molar-refractivity contribution in [1.82, 2.24) is 9.21 Å². The molecule has 0 N–H and O–H groups in total. The Morgan fingerprint density at radius 3 is 2.22 bits per heavy atom. The number of benzene rings is 2. The summed E-state index contributed by atoms with van der Waals surface area (Å²) >= 11 is 0. The molecule has 172 valence electrons. The number of piperidine rings is 2. The average molecular weight is 457 g/mol. The quantitative estimate of drug-likeness (QED) is 0.687. The molecule has 0 bridgehead atoms. The molecular weight excluding hydrogens is 424 g/mol. The van der Waals surface area contributed by atoms with Crippen molar-refractivity contribution in [2.24, 2.45) is 5.92 Å². The molecule has 2 aliphatic heterocycles. The number of hydrogen-bond acceptors (Lipinski definition) is 4. The third-order valence-corrected chi connectivity index (χ3v) is 8.49. The number of amides is 1. The number of carbonyl (C=O) groups excluding carboxylic acids is 1. The first-order valence-corrected chi connectivity index (χ1v) is 12.9. The van der Waals surface area contributed by atoms with E-state index in [-0.39, 0.29) is 17.9 Å². The Morgan fingerprint density at radius 2 is 1.56 bits per heavy atom. The van der Waals surface area contributed by atoms with Crippen LogP contribution in [0.4, 0.5) is 0 Å². The number of likely N-dealkylation sites (tertiary alicyclic amines) is 1. The maximum absolute atomic E-state index is 13.1. The molecule has 0 atom stereocenters. The van der Waals surface area contributed by atoms with Crippen LogP contribution in [0.25, 0.3) is 0 Å². The van der Waals surface area contributed by atoms with Crippen LogP contribution in [-0.4, -0.2) is 55.8 Å². The molecule has 7 heteroatoms. The fourth-order valence-corrected chi connectivity index (χ4v) is 6.04. The van der Waals surface area contributed by atoms with Crippen molar-refractivity contribution in [3.8, 4) is 5.75 Å². The van der Waals surface area contributed by atoms with Crippen molar-refractivity contribution in [1.29, 1.82) is 0 Å². The van der Waals surface area contributed by atoms with Crippen molar-refractivity contribution >= 4 is 15.9 Å². The zero-order valence-corrected chi connectivity index (χ0v) is 19.7. The van der Waals surface area contributed by atoms with Gasteiger partial charge in [0.2, 0.25) is 15.9 Å². The second kappa shape index (κ2) is 9.63. The van der Waals surface area contributed by atoms with Gasteiger partial charge in [0.1, 0.15) is 11.9 Å². The molecule has 0 aromatic heterocycles. The van der Waals surface area contributed by atoms with Crippen molar-refractivity contribution in [2.75, 3.05) is 26.2 Å². The minimum atomic E-state index is -3.49. The molecule has 2 saturated heterocycles. The van der Waals surface area contributed by atoms with Crippen LogP contribution in [-0.2, 0) is 14.8 Å². The molecule has 0 aliphatic carbocycles. The van der Waals surface area contributed by atoms with Gasteiger partial charge in [0.25, 0.3) is 0 Å². The largest absolute Gasteiger partial charge is 0.490 e. The van der Waals surface area contributed by atoms with Gasteiger partial charge in [-0.1, -0.05) is 30.3 Å². The monoisotopic (exact) mass is 456 g/mol. The molecule has 2 aromatic carbocycles. The third kappa shape index (κ3) is 4.99. The predicted octanol–water partition coefficient (Wildman–Crippen LogP) is 3.77. The SMILES string of the molecule is Cc1ccc(C)c(OC2CCN(C(=O)C3CCN(S(=O)(=O)c4ccccc4)CC3)CC2)c1. The van der Waals surface area contributed by atoms with Gasteiger partial charge in [-0.3, -0.25) is 4.79 Å². The summed E-state index contributed by atoms with van der Waals surface area (Å²) in [4.78, 5) is 15.3. The van der Waals surface area contributed by atoms with Gasteiger partial charge in [-0.15, -0.1) is 0 Å². The molecular formula is C25H32N2O4S. The Morgan fingerprint density at radius 1 is 0.906 bits per heavy atom. The first kappa shape index (κ1) is 22.8. The molecule has 1 amide bonds. The standard InChI is InChI=1S/C25H32N2O4S/c1-19-8-9-20(2)24(18-19)31-22-12-14-26(15-13-22)25(28)21-10-16-27(17-11-21)32(29,30)23-6-4-3-5-7-23/h3-9,18,21-22H,10-17H2,1-2H3. The molecule has 2 fully saturated rings. The van der Waals surface area contributed by atoms with E-state index in [1.54, 1.807) is 30.3 Å². The van der Waals surface area contributed by atoms with Gasteiger partial charge in [-0.05, 0) is 56.0 Å². The first-order chi connectivity index (χ1) is 15.3. The molecule has 6 nitrogen and oxygen atoms in total. The van der Waals surface area contributed by atoms with Gasteiger partial charge in [-0.2, -0.15) is 4.31 Å². The van der Waals surface area contributed by atoms with Crippen LogP contribution < -0.4 is 4.74 Å². The van der Waals surface area contributed by atoms with Crippen LogP contribution in [0.5, 0.6) is 5.75 Å². The number of sulfonamides is 1. The van der Waals surface area contributed by atoms with Crippen molar-refractivity contribution < 1.29 is 17.9 Å². The molecule has 0 spiro atoms. The lowest BCUT2D eigenvalue weighted by Crippen LogP contribution is -2.47. The smallest absolute Gasteiger partial charge is 0.243 e. The summed E-state index contributed by atoms with van der Waals surface area (Å²) in [5.41, 5.74) is 2.31. The number of nitrogens with zero attached hydrogens (tertiary/aromatic N) is 2. The van der Waals surface area contributed by atoms with Gasteiger partial charge in [-0.25, -0.2) is 8.42 Å². The zero-order chi connectivity index (χ0) is 22.7. The van der Waals surface area contributed by atoms with Crippen molar-refractivity contribution in [3.05, 3.63) is 59.7 Å². The minimum absolute atomic E-state index is 0.103. The number of ether oxygens (including phenoxy) is 1. The lowest BCUT2D eigenvalue weighted by molar-refractivity contribution is -0.138. The first-order valence-electron chi connectivity index (χ1n) is 11.4. The molecule has 2 aliphatic rings. The maximum Gasteiger partial charge on any atom is 0.243 e. The fraction of sp³-hybridized carbons (Fsp3) is 0.480. The van der Waals surface area contributed by atoms with Crippen LogP contribution in [0.3, 0.4) is 0 Å². The Bertz CT molecular complexity index is 1040. The lowest BCUT2D eigenvalue weighted by Gasteiger charge is -2.37. The molecule has 0 radical (unpaired) electrons. The summed E-state index contributed by atoms with van der Waals surface area (Å²) in [7, 11) is -3.49. The highest BCUT2D eigenvalue weighted by Crippen LogP contribution is 2.28. The van der Waals surface area contributed by atoms with E-state index in [1.165, 1.54) is 9.87 Å². The lowest BCUT2D eigenvalue weighted by atomic mass is 9.95. The second-order valence-electron chi connectivity index (χ2n) is 8.90. The maximum atomic E-state index is 13.1. The summed E-state index contributed by atoms with van der Waals surface area (Å²) in [6, 6.07) is 14.7. The van der Waals surface area contributed by atoms with Crippen LogP contribution in [0.1, 0.15) is 36.8 Å². The fourth-order valence-electron chi connectivity index (χ4n) is 4.55. The van der Waals surface area contributed by atoms with Gasteiger partial charge in [0.05, 0.1) is 4.90 Å². The predicted molar refractivity (Wildman–Crippen MR) is 124 cm³/mol. The Kier molecular flexibility index (Phi) is 6.86. The van der Waals surface area contributed by atoms with E-state index in [0.29, 0.717) is 43.9 Å². The number of rotatable bonds is 5. The van der Waals surface area contributed by atoms with E-state index >= 15 is 0 Å². The van der Waals surface area contributed by atoms with Gasteiger partial charge in [0.15, 0.2) is 0 Å². The molecule has 2 aromatic rings. The Balaban J connectivity index is 1.28. The normalized spacial score (nSPS) is 19.1. The molecule has 4 rings (SSSR count). The van der Waals surface area contributed by atoms with E-state index in [0.717, 1.165) is 24.2 Å². The van der Waals surface area contributed by atoms with E-state index < -0.39 is 10.0 Å². The highest BCUT2D eigenvalue weighted by Gasteiger charge is 2.35. The average Bonchev–Trinajstić information content (AvgIpc) is 2.82. The van der Waals surface area contributed by atoms with Crippen LogP contribution in [0.15, 0.2) is 53.4 Å². The zero-order valence-electron chi connectivity index (χ0n) is 18.9. The van der Waals surface area contributed by atoms with Crippen LogP contribution in [0, 0.1) is 19.8 Å². The summed E-state index contributed by atoms with van der Waals surface area (Å²) < 4.78 is 33.4. The van der Waals surface area contributed by atoms with E-state index in [4.69, 9.17) is 4.74 Å². The number of carbonyl (C=O) groups is 1. The van der Waals surface area contributed by atoms with Gasteiger partial charge in [0, 0.05) is 44.9 Å². The van der Waals surface area contributed by atoms with Crippen molar-refractivity contribution in [2.45, 2.75) is 50.5 Å². The molecule has 0 saturated carbocycles. The Labute approximate surface area is 191 Å². The summed E-state index contributed by atoms with van der Waals surface area (Å²) in [5.74, 6) is 0.988. The highest BCUT2D eigenvalue weighted by molar-refractivity contribution is 7.89. The summed E-state index contributed by atoms with van der Waals surface area (Å²) in [6.45, 7) is 6.27. The molecule has 0 unspecified atom stereocenters. The van der Waals surface area contributed by atoms with Gasteiger partial charge >= 0.3 is 0 Å². The van der Waals surface area contributed by atoms with E-state index in [9.17, 15) is 13.2 Å². The molecule has 2 heterocycles. The number of aryl methyl sites for hydroxylation is 2. The number of hydrogen-bond donors (Lipinski definition) is 0. The third-order valence-electron chi connectivity index (χ3n) is 6.58. The van der Waals surface area contributed by atoms with Crippen molar-refractivity contribution in [3.63, 3.8) is 0 Å². The van der Waals surface area contributed by atoms with E-state index in [2.05, 4.69) is 32.0 Å². The summed E-state index contributed by atoms with van der Waals surface area (Å²) in [6.07, 6.45) is 2.91.